The molecule has 0 aliphatic heterocycles. The smallest absolute Gasteiger partial charge is 0.252 e. The molecular formula is C18H15BrN2O. The summed E-state index contributed by atoms with van der Waals surface area (Å²) in [6, 6.07) is 17.2. The van der Waals surface area contributed by atoms with E-state index < -0.39 is 0 Å². The van der Waals surface area contributed by atoms with Crippen LogP contribution in [-0.4, -0.2) is 10.9 Å². The average molecular weight is 355 g/mol. The topological polar surface area (TPSA) is 42.0 Å². The molecule has 1 amide bonds. The first-order valence-electron chi connectivity index (χ1n) is 7.05. The third-order valence-corrected chi connectivity index (χ3v) is 4.08. The maximum Gasteiger partial charge on any atom is 0.252 e. The van der Waals surface area contributed by atoms with Gasteiger partial charge in [-0.05, 0) is 42.8 Å². The number of nitrogens with zero attached hydrogens (tertiary/aromatic N) is 1. The number of nitrogens with one attached hydrogen (secondary N) is 1. The lowest BCUT2D eigenvalue weighted by atomic mass is 10.1. The Labute approximate surface area is 137 Å². The molecular weight excluding hydrogens is 340 g/mol. The molecule has 2 aromatic carbocycles. The molecule has 1 N–H and O–H groups in total. The average Bonchev–Trinajstić information content (AvgIpc) is 2.54. The van der Waals surface area contributed by atoms with Crippen LogP contribution in [0.15, 0.2) is 65.3 Å². The summed E-state index contributed by atoms with van der Waals surface area (Å²) in [7, 11) is 0. The summed E-state index contributed by atoms with van der Waals surface area (Å²) in [6.07, 6.45) is 1.73. The SMILES string of the molecule is C[C@H](NC(=O)c1cccc2ncccc12)c1cccc(Br)c1. The molecule has 110 valence electrons. The number of fused-ring (bicyclic) bond motifs is 1. The lowest BCUT2D eigenvalue weighted by Crippen LogP contribution is -2.26. The lowest BCUT2D eigenvalue weighted by molar-refractivity contribution is 0.0941. The molecule has 3 nitrogen and oxygen atoms in total. The highest BCUT2D eigenvalue weighted by Gasteiger charge is 2.14. The molecule has 0 fully saturated rings. The standard InChI is InChI=1S/C18H15BrN2O/c1-12(13-5-2-6-14(19)11-13)21-18(22)16-7-3-9-17-15(16)8-4-10-20-17/h2-12H,1H3,(H,21,22)/t12-/m0/s1. The lowest BCUT2D eigenvalue weighted by Gasteiger charge is -2.15. The second-order valence-electron chi connectivity index (χ2n) is 5.13. The van der Waals surface area contributed by atoms with E-state index >= 15 is 0 Å². The predicted octanol–water partition coefficient (Wildman–Crippen LogP) is 4.49. The fourth-order valence-corrected chi connectivity index (χ4v) is 2.85. The molecule has 1 atom stereocenters. The number of hydrogen-bond donors (Lipinski definition) is 1. The number of hydrogen-bond acceptors (Lipinski definition) is 2. The molecule has 0 bridgehead atoms. The van der Waals surface area contributed by atoms with Crippen molar-refractivity contribution in [2.24, 2.45) is 0 Å². The number of benzene rings is 2. The van der Waals surface area contributed by atoms with E-state index in [1.54, 1.807) is 6.20 Å². The highest BCUT2D eigenvalue weighted by atomic mass is 79.9. The van der Waals surface area contributed by atoms with Crippen molar-refractivity contribution in [1.82, 2.24) is 10.3 Å². The zero-order valence-electron chi connectivity index (χ0n) is 12.1. The minimum atomic E-state index is -0.0916. The number of rotatable bonds is 3. The van der Waals surface area contributed by atoms with Crippen molar-refractivity contribution in [2.75, 3.05) is 0 Å². The number of carbonyl (C=O) groups is 1. The summed E-state index contributed by atoms with van der Waals surface area (Å²) in [5, 5.41) is 3.91. The summed E-state index contributed by atoms with van der Waals surface area (Å²) in [5.74, 6) is -0.0916. The Morgan fingerprint density at radius 1 is 1.14 bits per heavy atom. The Hall–Kier alpha value is -2.20. The number of pyridine rings is 1. The van der Waals surface area contributed by atoms with Crippen LogP contribution in [0.3, 0.4) is 0 Å². The van der Waals surface area contributed by atoms with Crippen molar-refractivity contribution in [3.8, 4) is 0 Å². The van der Waals surface area contributed by atoms with Gasteiger partial charge in [-0.2, -0.15) is 0 Å². The van der Waals surface area contributed by atoms with Gasteiger partial charge in [0.2, 0.25) is 0 Å². The zero-order chi connectivity index (χ0) is 15.5. The fourth-order valence-electron chi connectivity index (χ4n) is 2.44. The monoisotopic (exact) mass is 354 g/mol. The van der Waals surface area contributed by atoms with Gasteiger partial charge in [0.1, 0.15) is 0 Å². The first kappa shape index (κ1) is 14.7. The molecule has 3 aromatic rings. The van der Waals surface area contributed by atoms with E-state index in [2.05, 4.69) is 26.2 Å². The van der Waals surface area contributed by atoms with E-state index in [1.807, 2.05) is 61.5 Å². The molecule has 4 heteroatoms. The van der Waals surface area contributed by atoms with Crippen molar-refractivity contribution in [3.63, 3.8) is 0 Å². The van der Waals surface area contributed by atoms with Gasteiger partial charge in [-0.15, -0.1) is 0 Å². The highest BCUT2D eigenvalue weighted by Crippen LogP contribution is 2.20. The maximum atomic E-state index is 12.6. The highest BCUT2D eigenvalue weighted by molar-refractivity contribution is 9.10. The van der Waals surface area contributed by atoms with Crippen LogP contribution < -0.4 is 5.32 Å². The van der Waals surface area contributed by atoms with Crippen molar-refractivity contribution < 1.29 is 4.79 Å². The number of aromatic nitrogens is 1. The molecule has 0 saturated heterocycles. The third-order valence-electron chi connectivity index (χ3n) is 3.59. The van der Waals surface area contributed by atoms with Gasteiger partial charge in [0.05, 0.1) is 11.6 Å². The van der Waals surface area contributed by atoms with Crippen molar-refractivity contribution in [2.45, 2.75) is 13.0 Å². The molecule has 0 spiro atoms. The molecule has 0 aliphatic carbocycles. The molecule has 3 rings (SSSR count). The van der Waals surface area contributed by atoms with Gasteiger partial charge in [-0.1, -0.05) is 40.2 Å². The third kappa shape index (κ3) is 3.02. The van der Waals surface area contributed by atoms with E-state index in [0.29, 0.717) is 5.56 Å². The van der Waals surface area contributed by atoms with Gasteiger partial charge in [0.15, 0.2) is 0 Å². The molecule has 0 radical (unpaired) electrons. The summed E-state index contributed by atoms with van der Waals surface area (Å²) in [4.78, 5) is 16.9. The van der Waals surface area contributed by atoms with Crippen molar-refractivity contribution in [3.05, 3.63) is 76.4 Å². The van der Waals surface area contributed by atoms with Crippen LogP contribution in [0.5, 0.6) is 0 Å². The van der Waals surface area contributed by atoms with E-state index in [4.69, 9.17) is 0 Å². The first-order chi connectivity index (χ1) is 10.6. The van der Waals surface area contributed by atoms with E-state index in [0.717, 1.165) is 20.9 Å². The largest absolute Gasteiger partial charge is 0.345 e. The number of carbonyl (C=O) groups excluding carboxylic acids is 1. The van der Waals surface area contributed by atoms with Crippen molar-refractivity contribution in [1.29, 1.82) is 0 Å². The normalized spacial score (nSPS) is 12.1. The number of amides is 1. The van der Waals surface area contributed by atoms with Gasteiger partial charge in [0.25, 0.3) is 5.91 Å². The summed E-state index contributed by atoms with van der Waals surface area (Å²) < 4.78 is 1.00. The molecule has 1 aromatic heterocycles. The van der Waals surface area contributed by atoms with Crippen LogP contribution in [0.4, 0.5) is 0 Å². The summed E-state index contributed by atoms with van der Waals surface area (Å²) >= 11 is 3.45. The van der Waals surface area contributed by atoms with Crippen LogP contribution in [0, 0.1) is 0 Å². The Bertz CT molecular complexity index is 827. The van der Waals surface area contributed by atoms with Crippen LogP contribution >= 0.6 is 15.9 Å². The fraction of sp³-hybridized carbons (Fsp3) is 0.111. The Morgan fingerprint density at radius 2 is 1.95 bits per heavy atom. The molecule has 0 unspecified atom stereocenters. The second kappa shape index (κ2) is 6.28. The summed E-state index contributed by atoms with van der Waals surface area (Å²) in [6.45, 7) is 1.98. The molecule has 1 heterocycles. The summed E-state index contributed by atoms with van der Waals surface area (Å²) in [5.41, 5.74) is 2.53. The van der Waals surface area contributed by atoms with Gasteiger partial charge in [-0.3, -0.25) is 9.78 Å². The zero-order valence-corrected chi connectivity index (χ0v) is 13.7. The predicted molar refractivity (Wildman–Crippen MR) is 91.8 cm³/mol. The van der Waals surface area contributed by atoms with Crippen LogP contribution in [0.1, 0.15) is 28.9 Å². The van der Waals surface area contributed by atoms with Gasteiger partial charge in [-0.25, -0.2) is 0 Å². The van der Waals surface area contributed by atoms with E-state index in [1.165, 1.54) is 0 Å². The van der Waals surface area contributed by atoms with Crippen molar-refractivity contribution >= 4 is 32.7 Å². The quantitative estimate of drug-likeness (QED) is 0.752. The van der Waals surface area contributed by atoms with E-state index in [9.17, 15) is 4.79 Å². The Kier molecular flexibility index (Phi) is 4.20. The van der Waals surface area contributed by atoms with Crippen LogP contribution in [0.25, 0.3) is 10.9 Å². The molecule has 22 heavy (non-hydrogen) atoms. The Morgan fingerprint density at radius 3 is 2.77 bits per heavy atom. The van der Waals surface area contributed by atoms with E-state index in [-0.39, 0.29) is 11.9 Å². The maximum absolute atomic E-state index is 12.6. The molecule has 0 aliphatic rings. The van der Waals surface area contributed by atoms with Gasteiger partial charge in [0, 0.05) is 21.6 Å². The second-order valence-corrected chi connectivity index (χ2v) is 6.04. The first-order valence-corrected chi connectivity index (χ1v) is 7.84. The minimum Gasteiger partial charge on any atom is -0.345 e. The van der Waals surface area contributed by atoms with Crippen LogP contribution in [-0.2, 0) is 0 Å². The van der Waals surface area contributed by atoms with Gasteiger partial charge < -0.3 is 5.32 Å². The Balaban J connectivity index is 1.87. The minimum absolute atomic E-state index is 0.0723. The number of halogens is 1. The van der Waals surface area contributed by atoms with Crippen LogP contribution in [0.2, 0.25) is 0 Å². The molecule has 0 saturated carbocycles. The van der Waals surface area contributed by atoms with Gasteiger partial charge >= 0.3 is 0 Å².